The first-order chi connectivity index (χ1) is 19.7. The first-order valence-electron chi connectivity index (χ1n) is 16.3. The molecular weight excluding hydrogens is 590 g/mol. The van der Waals surface area contributed by atoms with Crippen LogP contribution in [0.1, 0.15) is 127 Å². The fourth-order valence-corrected chi connectivity index (χ4v) is 22.0. The van der Waals surface area contributed by atoms with Gasteiger partial charge in [0.1, 0.15) is 0 Å². The van der Waals surface area contributed by atoms with E-state index in [1.165, 1.54) is 6.07 Å². The fraction of sp³-hybridized carbons (Fsp3) is 0.750. The van der Waals surface area contributed by atoms with Gasteiger partial charge in [-0.25, -0.2) is 0 Å². The third-order valence-electron chi connectivity index (χ3n) is 8.67. The van der Waals surface area contributed by atoms with Crippen LogP contribution in [0.15, 0.2) is 23.1 Å². The van der Waals surface area contributed by atoms with Crippen molar-refractivity contribution in [2.45, 2.75) is 112 Å². The summed E-state index contributed by atoms with van der Waals surface area (Å²) < 4.78 is 48.0. The average molecular weight is 651 g/mol. The summed E-state index contributed by atoms with van der Waals surface area (Å²) in [6.07, 6.45) is 13.6. The van der Waals surface area contributed by atoms with Gasteiger partial charge in [-0.2, -0.15) is 0 Å². The molecule has 0 spiro atoms. The molecular formula is C32H60O7P2S. The molecule has 10 heteroatoms. The molecule has 0 unspecified atom stereocenters. The van der Waals surface area contributed by atoms with Crippen molar-refractivity contribution >= 4 is 35.7 Å². The Labute approximate surface area is 257 Å². The zero-order chi connectivity index (χ0) is 32.1. The van der Waals surface area contributed by atoms with E-state index in [0.29, 0.717) is 0 Å². The Morgan fingerprint density at radius 1 is 0.548 bits per heavy atom. The van der Waals surface area contributed by atoms with Crippen LogP contribution in [-0.4, -0.2) is 74.2 Å². The molecule has 7 nitrogen and oxygen atoms in total. The van der Waals surface area contributed by atoms with E-state index in [1.807, 2.05) is 0 Å². The number of hydrogen-bond donors (Lipinski definition) is 1. The van der Waals surface area contributed by atoms with Crippen molar-refractivity contribution in [3.8, 4) is 0 Å². The molecule has 0 saturated heterocycles. The summed E-state index contributed by atoms with van der Waals surface area (Å²) >= 11 is 0. The van der Waals surface area contributed by atoms with Crippen LogP contribution in [0.25, 0.3) is 0 Å². The van der Waals surface area contributed by atoms with E-state index in [1.54, 1.807) is 0 Å². The summed E-state index contributed by atoms with van der Waals surface area (Å²) in [6.45, 7) is 10.9. The second-order valence-corrected chi connectivity index (χ2v) is 25.3. The molecule has 1 rings (SSSR count). The Morgan fingerprint density at radius 3 is 0.976 bits per heavy atom. The number of rotatable bonds is 21. The van der Waals surface area contributed by atoms with E-state index >= 15 is 0 Å². The van der Waals surface area contributed by atoms with Gasteiger partial charge in [-0.15, -0.1) is 0 Å². The van der Waals surface area contributed by atoms with Crippen LogP contribution in [-0.2, 0) is 19.2 Å². The van der Waals surface area contributed by atoms with Gasteiger partial charge in [-0.05, 0) is 0 Å². The molecule has 1 N–H and O–H groups in total. The van der Waals surface area contributed by atoms with Gasteiger partial charge < -0.3 is 0 Å². The number of hydrogen-bond acceptors (Lipinski definition) is 6. The molecule has 0 radical (unpaired) electrons. The van der Waals surface area contributed by atoms with Crippen LogP contribution >= 0.6 is 13.7 Å². The van der Waals surface area contributed by atoms with Crippen LogP contribution < -0.4 is 0 Å². The quantitative estimate of drug-likeness (QED) is 0.104. The van der Waals surface area contributed by atoms with Crippen molar-refractivity contribution in [1.29, 1.82) is 0 Å². The molecule has 1 aromatic rings. The normalized spacial score (nSPS) is 14.4. The van der Waals surface area contributed by atoms with E-state index in [2.05, 4.69) is 55.4 Å². The van der Waals surface area contributed by atoms with Crippen LogP contribution in [0, 0.1) is 0 Å². The average Bonchev–Trinajstić information content (AvgIpc) is 2.89. The van der Waals surface area contributed by atoms with Gasteiger partial charge in [0, 0.05) is 0 Å². The van der Waals surface area contributed by atoms with Crippen LogP contribution in [0.4, 0.5) is 0 Å². The van der Waals surface area contributed by atoms with Crippen molar-refractivity contribution in [2.24, 2.45) is 0 Å². The van der Waals surface area contributed by atoms with Crippen LogP contribution in [0.3, 0.4) is 0 Å². The Bertz CT molecular complexity index is 1010. The SMILES string of the molecule is CCCP(CCC)(CCC)(CCC)OC(=O)c1cc(C(=O)OP(CCC)(CCC)(CCC)CCC)cc(S(=O)(=O)O)c1. The van der Waals surface area contributed by atoms with Crippen molar-refractivity contribution in [3.63, 3.8) is 0 Å². The molecule has 0 aliphatic carbocycles. The molecule has 0 aromatic heterocycles. The van der Waals surface area contributed by atoms with E-state index in [0.717, 1.165) is 113 Å². The maximum atomic E-state index is 14.0. The van der Waals surface area contributed by atoms with Gasteiger partial charge in [0.15, 0.2) is 0 Å². The molecule has 246 valence electrons. The van der Waals surface area contributed by atoms with Crippen molar-refractivity contribution in [2.75, 3.05) is 49.3 Å². The third kappa shape index (κ3) is 9.46. The standard InChI is InChI=1S/C32H60O7P2S/c1-9-17-40(18-10-2,19-11-3,20-12-4)38-31(33)28-25-29(27-30(26-28)42(35,36)37)32(34)39-41(21-13-5,22-14-6,23-15-7)24-16-8/h25-27H,9-24H2,1-8H3,(H,35,36,37). The Hall–Kier alpha value is -1.07. The molecule has 0 fully saturated rings. The van der Waals surface area contributed by atoms with E-state index in [9.17, 15) is 22.6 Å². The summed E-state index contributed by atoms with van der Waals surface area (Å²) in [4.78, 5) is 27.4. The molecule has 0 bridgehead atoms. The topological polar surface area (TPSA) is 107 Å². The van der Waals surface area contributed by atoms with Gasteiger partial charge in [-0.3, -0.25) is 0 Å². The maximum absolute atomic E-state index is 14.0. The van der Waals surface area contributed by atoms with Gasteiger partial charge in [0.25, 0.3) is 0 Å². The van der Waals surface area contributed by atoms with Gasteiger partial charge in [0.05, 0.1) is 0 Å². The summed E-state index contributed by atoms with van der Waals surface area (Å²) in [7, 11) is -4.71. The number of benzene rings is 1. The van der Waals surface area contributed by atoms with Crippen molar-refractivity contribution < 1.29 is 31.6 Å². The summed E-state index contributed by atoms with van der Waals surface area (Å²) in [5.74, 6) is -1.25. The molecule has 42 heavy (non-hydrogen) atoms. The first kappa shape index (κ1) is 39.0. The number of carbonyl (C=O) groups excluding carboxylic acids is 2. The monoisotopic (exact) mass is 650 g/mol. The molecule has 0 amide bonds. The minimum absolute atomic E-state index is 0.0391. The van der Waals surface area contributed by atoms with Crippen molar-refractivity contribution in [3.05, 3.63) is 29.3 Å². The molecule has 1 aromatic carbocycles. The molecule has 0 heterocycles. The second-order valence-electron chi connectivity index (χ2n) is 12.5. The van der Waals surface area contributed by atoms with Crippen LogP contribution in [0.2, 0.25) is 0 Å². The van der Waals surface area contributed by atoms with E-state index in [4.69, 9.17) is 9.05 Å². The molecule has 0 aliphatic rings. The first-order valence-corrected chi connectivity index (χ1v) is 23.6. The van der Waals surface area contributed by atoms with E-state index < -0.39 is 40.6 Å². The van der Waals surface area contributed by atoms with Gasteiger partial charge in [0.2, 0.25) is 0 Å². The number of carbonyl (C=O) groups is 2. The Morgan fingerprint density at radius 2 is 0.786 bits per heavy atom. The predicted octanol–water partition coefficient (Wildman–Crippen LogP) is 9.46. The Balaban J connectivity index is 3.84. The molecule has 0 aliphatic heterocycles. The van der Waals surface area contributed by atoms with Crippen LogP contribution in [0.5, 0.6) is 0 Å². The Kier molecular flexibility index (Phi) is 15.1. The zero-order valence-corrected chi connectivity index (χ0v) is 30.4. The molecule has 0 atom stereocenters. The summed E-state index contributed by atoms with van der Waals surface area (Å²) in [6, 6.07) is 3.67. The van der Waals surface area contributed by atoms with Gasteiger partial charge in [-0.1, -0.05) is 0 Å². The third-order valence-corrected chi connectivity index (χ3v) is 23.5. The fourth-order valence-electron chi connectivity index (χ4n) is 7.79. The van der Waals surface area contributed by atoms with Gasteiger partial charge >= 0.3 is 258 Å². The minimum atomic E-state index is -4.71. The van der Waals surface area contributed by atoms with E-state index in [-0.39, 0.29) is 11.1 Å². The zero-order valence-electron chi connectivity index (χ0n) is 27.7. The molecule has 0 saturated carbocycles. The van der Waals surface area contributed by atoms with Crippen molar-refractivity contribution in [1.82, 2.24) is 0 Å². The second kappa shape index (κ2) is 16.3. The predicted molar refractivity (Wildman–Crippen MR) is 182 cm³/mol. The summed E-state index contributed by atoms with van der Waals surface area (Å²) in [5.41, 5.74) is -0.0782. The summed E-state index contributed by atoms with van der Waals surface area (Å²) in [5, 5.41) is 0.